The van der Waals surface area contributed by atoms with Crippen LogP contribution in [-0.2, 0) is 13.5 Å². The van der Waals surface area contributed by atoms with Gasteiger partial charge in [-0.3, -0.25) is 9.58 Å². The average Bonchev–Trinajstić information content (AvgIpc) is 2.89. The van der Waals surface area contributed by atoms with Crippen LogP contribution >= 0.6 is 0 Å². The number of piperidine rings is 1. The second kappa shape index (κ2) is 7.41. The van der Waals surface area contributed by atoms with Crippen LogP contribution < -0.4 is 5.32 Å². The van der Waals surface area contributed by atoms with E-state index in [-0.39, 0.29) is 5.54 Å². The summed E-state index contributed by atoms with van der Waals surface area (Å²) in [5.41, 5.74) is 1.52. The quantitative estimate of drug-likeness (QED) is 0.838. The molecule has 1 aliphatic heterocycles. The van der Waals surface area contributed by atoms with Crippen LogP contribution in [-0.4, -0.2) is 45.9 Å². The van der Waals surface area contributed by atoms with Crippen LogP contribution in [0.2, 0.25) is 0 Å². The number of aromatic nitrogens is 2. The summed E-state index contributed by atoms with van der Waals surface area (Å²) in [7, 11) is 1.99. The summed E-state index contributed by atoms with van der Waals surface area (Å²) < 4.78 is 1.90. The first kappa shape index (κ1) is 16.5. The van der Waals surface area contributed by atoms with Crippen molar-refractivity contribution in [2.24, 2.45) is 7.05 Å². The Morgan fingerprint density at radius 1 is 1.29 bits per heavy atom. The molecule has 2 heterocycles. The maximum absolute atomic E-state index is 4.32. The van der Waals surface area contributed by atoms with Gasteiger partial charge in [-0.05, 0) is 64.7 Å². The van der Waals surface area contributed by atoms with Crippen LogP contribution in [0.3, 0.4) is 0 Å². The normalized spacial score (nSPS) is 18.9. The van der Waals surface area contributed by atoms with Crippen LogP contribution in [0.25, 0.3) is 0 Å². The molecule has 0 bridgehead atoms. The van der Waals surface area contributed by atoms with Gasteiger partial charge in [0.05, 0.1) is 6.20 Å². The lowest BCUT2D eigenvalue weighted by molar-refractivity contribution is 0.0611. The Bertz CT molecular complexity index is 418. The fourth-order valence-corrected chi connectivity index (χ4v) is 3.39. The van der Waals surface area contributed by atoms with Gasteiger partial charge in [0.2, 0.25) is 0 Å². The molecule has 0 saturated carbocycles. The molecule has 1 aliphatic rings. The van der Waals surface area contributed by atoms with Gasteiger partial charge in [-0.15, -0.1) is 0 Å². The standard InChI is InChI=1S/C17H32N4/c1-5-9-18-16(12-15-13-19-20(4)14-15)17(2,3)21-10-7-6-8-11-21/h13-14,16,18H,5-12H2,1-4H3. The number of hydrogen-bond donors (Lipinski definition) is 1. The van der Waals surface area contributed by atoms with E-state index < -0.39 is 0 Å². The largest absolute Gasteiger partial charge is 0.312 e. The van der Waals surface area contributed by atoms with Crippen molar-refractivity contribution in [1.82, 2.24) is 20.0 Å². The number of hydrogen-bond acceptors (Lipinski definition) is 3. The Morgan fingerprint density at radius 2 is 2.00 bits per heavy atom. The van der Waals surface area contributed by atoms with E-state index in [0.29, 0.717) is 6.04 Å². The predicted octanol–water partition coefficient (Wildman–Crippen LogP) is 2.60. The molecular formula is C17H32N4. The van der Waals surface area contributed by atoms with Crippen LogP contribution in [0.1, 0.15) is 52.0 Å². The molecule has 1 atom stereocenters. The Kier molecular flexibility index (Phi) is 5.82. The van der Waals surface area contributed by atoms with E-state index in [1.54, 1.807) is 0 Å². The van der Waals surface area contributed by atoms with E-state index in [2.05, 4.69) is 42.3 Å². The van der Waals surface area contributed by atoms with E-state index >= 15 is 0 Å². The van der Waals surface area contributed by atoms with Gasteiger partial charge in [-0.25, -0.2) is 0 Å². The van der Waals surface area contributed by atoms with Crippen LogP contribution in [0.4, 0.5) is 0 Å². The summed E-state index contributed by atoms with van der Waals surface area (Å²) in [4.78, 5) is 2.68. The highest BCUT2D eigenvalue weighted by Crippen LogP contribution is 2.26. The Balaban J connectivity index is 2.08. The van der Waals surface area contributed by atoms with Gasteiger partial charge in [0.25, 0.3) is 0 Å². The molecule has 1 aromatic heterocycles. The second-order valence-electron chi connectivity index (χ2n) is 6.93. The molecule has 4 nitrogen and oxygen atoms in total. The minimum Gasteiger partial charge on any atom is -0.312 e. The minimum absolute atomic E-state index is 0.186. The highest BCUT2D eigenvalue weighted by atomic mass is 15.2. The van der Waals surface area contributed by atoms with E-state index in [1.165, 1.54) is 44.3 Å². The topological polar surface area (TPSA) is 33.1 Å². The van der Waals surface area contributed by atoms with Gasteiger partial charge >= 0.3 is 0 Å². The lowest BCUT2D eigenvalue weighted by atomic mass is 9.86. The van der Waals surface area contributed by atoms with Crippen LogP contribution in [0.15, 0.2) is 12.4 Å². The first-order valence-corrected chi connectivity index (χ1v) is 8.50. The maximum atomic E-state index is 4.32. The molecule has 1 saturated heterocycles. The van der Waals surface area contributed by atoms with Crippen molar-refractivity contribution in [3.63, 3.8) is 0 Å². The minimum atomic E-state index is 0.186. The highest BCUT2D eigenvalue weighted by molar-refractivity contribution is 5.10. The van der Waals surface area contributed by atoms with E-state index in [1.807, 2.05) is 17.9 Å². The summed E-state index contributed by atoms with van der Waals surface area (Å²) in [6.45, 7) is 10.6. The van der Waals surface area contributed by atoms with Crippen molar-refractivity contribution in [2.45, 2.75) is 64.5 Å². The van der Waals surface area contributed by atoms with Crippen molar-refractivity contribution >= 4 is 0 Å². The molecule has 0 aliphatic carbocycles. The zero-order chi connectivity index (χ0) is 15.3. The van der Waals surface area contributed by atoms with Crippen LogP contribution in [0.5, 0.6) is 0 Å². The molecule has 21 heavy (non-hydrogen) atoms. The molecule has 1 fully saturated rings. The molecule has 0 spiro atoms. The van der Waals surface area contributed by atoms with Crippen molar-refractivity contribution in [1.29, 1.82) is 0 Å². The van der Waals surface area contributed by atoms with Gasteiger partial charge in [0, 0.05) is 24.8 Å². The van der Waals surface area contributed by atoms with Gasteiger partial charge in [0.1, 0.15) is 0 Å². The molecule has 2 rings (SSSR count). The zero-order valence-electron chi connectivity index (χ0n) is 14.2. The number of likely N-dealkylation sites (tertiary alicyclic amines) is 1. The highest BCUT2D eigenvalue weighted by Gasteiger charge is 2.35. The summed E-state index contributed by atoms with van der Waals surface area (Å²) in [6.07, 6.45) is 10.5. The van der Waals surface area contributed by atoms with Crippen molar-refractivity contribution in [3.05, 3.63) is 18.0 Å². The number of nitrogens with zero attached hydrogens (tertiary/aromatic N) is 3. The smallest absolute Gasteiger partial charge is 0.0522 e. The summed E-state index contributed by atoms with van der Waals surface area (Å²) in [6, 6.07) is 0.472. The summed E-state index contributed by atoms with van der Waals surface area (Å²) in [5.74, 6) is 0. The Morgan fingerprint density at radius 3 is 2.57 bits per heavy atom. The lowest BCUT2D eigenvalue weighted by Gasteiger charge is -2.46. The van der Waals surface area contributed by atoms with Gasteiger partial charge in [-0.2, -0.15) is 5.10 Å². The summed E-state index contributed by atoms with van der Waals surface area (Å²) >= 11 is 0. The first-order valence-electron chi connectivity index (χ1n) is 8.50. The van der Waals surface area contributed by atoms with Crippen molar-refractivity contribution in [2.75, 3.05) is 19.6 Å². The van der Waals surface area contributed by atoms with Crippen molar-refractivity contribution < 1.29 is 0 Å². The second-order valence-corrected chi connectivity index (χ2v) is 6.93. The molecule has 0 radical (unpaired) electrons. The third kappa shape index (κ3) is 4.30. The van der Waals surface area contributed by atoms with E-state index in [0.717, 1.165) is 13.0 Å². The lowest BCUT2D eigenvalue weighted by Crippen LogP contribution is -2.59. The third-order valence-corrected chi connectivity index (χ3v) is 4.86. The average molecular weight is 292 g/mol. The number of rotatable bonds is 7. The Labute approximate surface area is 129 Å². The third-order valence-electron chi connectivity index (χ3n) is 4.86. The molecule has 0 aromatic carbocycles. The fourth-order valence-electron chi connectivity index (χ4n) is 3.39. The van der Waals surface area contributed by atoms with Crippen molar-refractivity contribution in [3.8, 4) is 0 Å². The van der Waals surface area contributed by atoms with E-state index in [4.69, 9.17) is 0 Å². The van der Waals surface area contributed by atoms with Gasteiger partial charge < -0.3 is 5.32 Å². The summed E-state index contributed by atoms with van der Waals surface area (Å²) in [5, 5.41) is 8.11. The SMILES string of the molecule is CCCNC(Cc1cnn(C)c1)C(C)(C)N1CCCCC1. The monoisotopic (exact) mass is 292 g/mol. The predicted molar refractivity (Wildman–Crippen MR) is 88.5 cm³/mol. The zero-order valence-corrected chi connectivity index (χ0v) is 14.2. The fraction of sp³-hybridized carbons (Fsp3) is 0.824. The van der Waals surface area contributed by atoms with E-state index in [9.17, 15) is 0 Å². The molecule has 0 amide bonds. The molecular weight excluding hydrogens is 260 g/mol. The van der Waals surface area contributed by atoms with Crippen LogP contribution in [0, 0.1) is 0 Å². The molecule has 1 N–H and O–H groups in total. The molecule has 1 unspecified atom stereocenters. The maximum Gasteiger partial charge on any atom is 0.0522 e. The molecule has 1 aromatic rings. The number of nitrogens with one attached hydrogen (secondary N) is 1. The van der Waals surface area contributed by atoms with Gasteiger partial charge in [0.15, 0.2) is 0 Å². The Hall–Kier alpha value is -0.870. The number of aryl methyl sites for hydroxylation is 1. The van der Waals surface area contributed by atoms with Gasteiger partial charge in [-0.1, -0.05) is 13.3 Å². The molecule has 4 heteroatoms. The molecule has 120 valence electrons. The first-order chi connectivity index (χ1) is 10.0.